The molecule has 0 bridgehead atoms. The van der Waals surface area contributed by atoms with E-state index in [2.05, 4.69) is 18.3 Å². The van der Waals surface area contributed by atoms with Gasteiger partial charge in [0.2, 0.25) is 0 Å². The molecule has 1 aromatic heterocycles. The Morgan fingerprint density at radius 2 is 2.12 bits per heavy atom. The van der Waals surface area contributed by atoms with Crippen LogP contribution in [0.1, 0.15) is 43.0 Å². The average Bonchev–Trinajstić information content (AvgIpc) is 3.06. The summed E-state index contributed by atoms with van der Waals surface area (Å²) >= 11 is 1.62. The number of allylic oxidation sites excluding steroid dienone is 4. The highest BCUT2D eigenvalue weighted by Gasteiger charge is 2.31. The van der Waals surface area contributed by atoms with Gasteiger partial charge in [0.1, 0.15) is 5.70 Å². The number of rotatable bonds is 8. The summed E-state index contributed by atoms with van der Waals surface area (Å²) in [5.74, 6) is 0. The number of halogens is 3. The fourth-order valence-electron chi connectivity index (χ4n) is 2.71. The van der Waals surface area contributed by atoms with Crippen molar-refractivity contribution in [2.75, 3.05) is 6.54 Å². The number of hydrogen-bond donors (Lipinski definition) is 3. The lowest BCUT2D eigenvalue weighted by Crippen LogP contribution is -2.25. The maximum atomic E-state index is 12.6. The zero-order valence-electron chi connectivity index (χ0n) is 14.7. The van der Waals surface area contributed by atoms with Crippen LogP contribution in [0.3, 0.4) is 0 Å². The molecule has 1 aliphatic heterocycles. The van der Waals surface area contributed by atoms with Crippen LogP contribution in [0.25, 0.3) is 5.57 Å². The first-order valence-corrected chi connectivity index (χ1v) is 9.56. The lowest BCUT2D eigenvalue weighted by Gasteiger charge is -2.17. The van der Waals surface area contributed by atoms with Crippen LogP contribution < -0.4 is 11.1 Å². The average molecular weight is 383 g/mol. The van der Waals surface area contributed by atoms with E-state index in [9.17, 15) is 13.2 Å². The summed E-state index contributed by atoms with van der Waals surface area (Å²) in [5.41, 5.74) is 6.03. The largest absolute Gasteiger partial charge is 0.430 e. The van der Waals surface area contributed by atoms with Gasteiger partial charge in [0.05, 0.1) is 11.4 Å². The normalized spacial score (nSPS) is 15.3. The summed E-state index contributed by atoms with van der Waals surface area (Å²) in [6, 6.07) is 2.11. The molecule has 4 N–H and O–H groups in total. The summed E-state index contributed by atoms with van der Waals surface area (Å²) in [6.45, 7) is 2.65. The van der Waals surface area contributed by atoms with Crippen LogP contribution in [0.15, 0.2) is 41.1 Å². The molecule has 7 heteroatoms. The molecular weight excluding hydrogens is 359 g/mol. The smallest absolute Gasteiger partial charge is 0.395 e. The molecule has 0 amide bonds. The van der Waals surface area contributed by atoms with E-state index in [0.29, 0.717) is 18.3 Å². The Bertz CT molecular complexity index is 727. The Morgan fingerprint density at radius 3 is 2.81 bits per heavy atom. The molecule has 0 aromatic carbocycles. The Morgan fingerprint density at radius 1 is 1.35 bits per heavy atom. The van der Waals surface area contributed by atoms with Crippen molar-refractivity contribution in [2.24, 2.45) is 5.73 Å². The zero-order valence-corrected chi connectivity index (χ0v) is 15.6. The monoisotopic (exact) mass is 383 g/mol. The van der Waals surface area contributed by atoms with Crippen molar-refractivity contribution in [3.63, 3.8) is 0 Å². The molecule has 0 atom stereocenters. The van der Waals surface area contributed by atoms with Crippen LogP contribution in [-0.2, 0) is 6.42 Å². The topological polar surface area (TPSA) is 61.9 Å². The number of thiophene rings is 1. The van der Waals surface area contributed by atoms with Crippen molar-refractivity contribution in [3.05, 3.63) is 51.5 Å². The number of hydrogen-bond acceptors (Lipinski definition) is 4. The summed E-state index contributed by atoms with van der Waals surface area (Å²) in [4.78, 5) is 1.13. The molecule has 26 heavy (non-hydrogen) atoms. The summed E-state index contributed by atoms with van der Waals surface area (Å²) in [6.07, 6.45) is 5.48. The van der Waals surface area contributed by atoms with Crippen molar-refractivity contribution < 1.29 is 13.2 Å². The van der Waals surface area contributed by atoms with Gasteiger partial charge in [0.25, 0.3) is 0 Å². The van der Waals surface area contributed by atoms with Gasteiger partial charge in [0, 0.05) is 11.4 Å². The highest BCUT2D eigenvalue weighted by atomic mass is 32.1. The third kappa shape index (κ3) is 5.49. The molecule has 0 fully saturated rings. The van der Waals surface area contributed by atoms with Gasteiger partial charge in [-0.25, -0.2) is 0 Å². The van der Waals surface area contributed by atoms with Crippen LogP contribution in [-0.4, -0.2) is 18.4 Å². The molecule has 0 aliphatic carbocycles. The van der Waals surface area contributed by atoms with Crippen LogP contribution in [0.2, 0.25) is 0 Å². The third-order valence-corrected chi connectivity index (χ3v) is 5.15. The van der Waals surface area contributed by atoms with Crippen LogP contribution in [0.5, 0.6) is 0 Å². The predicted molar refractivity (Wildman–Crippen MR) is 102 cm³/mol. The highest BCUT2D eigenvalue weighted by molar-refractivity contribution is 7.11. The van der Waals surface area contributed by atoms with Crippen LogP contribution in [0.4, 0.5) is 13.2 Å². The third-order valence-electron chi connectivity index (χ3n) is 4.14. The Labute approximate surface area is 156 Å². The minimum Gasteiger partial charge on any atom is -0.395 e. The summed E-state index contributed by atoms with van der Waals surface area (Å²) in [7, 11) is 0. The van der Waals surface area contributed by atoms with Gasteiger partial charge in [-0.15, -0.1) is 11.3 Å². The van der Waals surface area contributed by atoms with Gasteiger partial charge in [-0.05, 0) is 47.6 Å². The van der Waals surface area contributed by atoms with E-state index >= 15 is 0 Å². The Kier molecular flexibility index (Phi) is 7.08. The van der Waals surface area contributed by atoms with E-state index in [4.69, 9.17) is 11.1 Å². The molecule has 3 nitrogen and oxygen atoms in total. The number of alkyl halides is 3. The lowest BCUT2D eigenvalue weighted by molar-refractivity contribution is -0.0925. The molecule has 0 saturated heterocycles. The predicted octanol–water partition coefficient (Wildman–Crippen LogP) is 5.17. The van der Waals surface area contributed by atoms with Crippen molar-refractivity contribution in [1.29, 1.82) is 5.41 Å². The standard InChI is InChI=1S/C19H24F3N3S/c1-2-3-4-5-6-13-8-10-26-18(13)14-7-9-25-16(11-14)15(23)12-17(24)19(20,21)22/h7-8,10-12,23,25H,2-6,9,24H2,1H3. The molecule has 1 aliphatic rings. The van der Waals surface area contributed by atoms with Crippen LogP contribution >= 0.6 is 11.3 Å². The molecule has 2 heterocycles. The summed E-state index contributed by atoms with van der Waals surface area (Å²) in [5, 5.41) is 12.9. The molecule has 0 spiro atoms. The van der Waals surface area contributed by atoms with Gasteiger partial charge in [-0.3, -0.25) is 5.41 Å². The fraction of sp³-hybridized carbons (Fsp3) is 0.421. The second-order valence-corrected chi connectivity index (χ2v) is 7.11. The number of aryl methyl sites for hydroxylation is 1. The maximum Gasteiger partial charge on any atom is 0.430 e. The van der Waals surface area contributed by atoms with E-state index < -0.39 is 11.9 Å². The van der Waals surface area contributed by atoms with E-state index in [1.165, 1.54) is 24.8 Å². The minimum atomic E-state index is -4.63. The number of unbranched alkanes of at least 4 members (excludes halogenated alkanes) is 3. The van der Waals surface area contributed by atoms with Gasteiger partial charge < -0.3 is 11.1 Å². The van der Waals surface area contributed by atoms with Crippen molar-refractivity contribution in [3.8, 4) is 0 Å². The van der Waals surface area contributed by atoms with E-state index in [1.807, 2.05) is 11.5 Å². The zero-order chi connectivity index (χ0) is 19.2. The van der Waals surface area contributed by atoms with Crippen LogP contribution in [0, 0.1) is 5.41 Å². The van der Waals surface area contributed by atoms with Gasteiger partial charge in [0.15, 0.2) is 0 Å². The molecule has 0 radical (unpaired) electrons. The van der Waals surface area contributed by atoms with Crippen molar-refractivity contribution >= 4 is 22.6 Å². The second kappa shape index (κ2) is 9.07. The van der Waals surface area contributed by atoms with Gasteiger partial charge in [-0.2, -0.15) is 13.2 Å². The first-order valence-electron chi connectivity index (χ1n) is 8.68. The molecular formula is C19H24F3N3S. The second-order valence-electron chi connectivity index (χ2n) is 6.20. The molecule has 142 valence electrons. The molecule has 0 unspecified atom stereocenters. The quantitative estimate of drug-likeness (QED) is 0.429. The number of dihydropyridines is 1. The molecule has 1 aromatic rings. The van der Waals surface area contributed by atoms with E-state index in [0.717, 1.165) is 23.3 Å². The van der Waals surface area contributed by atoms with Gasteiger partial charge >= 0.3 is 6.18 Å². The summed E-state index contributed by atoms with van der Waals surface area (Å²) < 4.78 is 37.7. The minimum absolute atomic E-state index is 0.272. The molecule has 0 saturated carbocycles. The maximum absolute atomic E-state index is 12.6. The first-order chi connectivity index (χ1) is 12.3. The van der Waals surface area contributed by atoms with E-state index in [1.54, 1.807) is 17.4 Å². The molecule has 2 rings (SSSR count). The lowest BCUT2D eigenvalue weighted by atomic mass is 10.0. The SMILES string of the molecule is CCCCCCc1ccsc1C1=CCNC(C(=N)C=C(N)C(F)(F)F)=C1. The van der Waals surface area contributed by atoms with E-state index in [-0.39, 0.29) is 5.71 Å². The highest BCUT2D eigenvalue weighted by Crippen LogP contribution is 2.30. The number of nitrogens with two attached hydrogens (primary N) is 1. The Hall–Kier alpha value is -2.02. The Balaban J connectivity index is 2.14. The first kappa shape index (κ1) is 20.3. The van der Waals surface area contributed by atoms with Crippen molar-refractivity contribution in [2.45, 2.75) is 45.2 Å². The van der Waals surface area contributed by atoms with Crippen molar-refractivity contribution in [1.82, 2.24) is 5.32 Å². The fourth-order valence-corrected chi connectivity index (χ4v) is 3.68. The number of nitrogens with one attached hydrogen (secondary N) is 2. The van der Waals surface area contributed by atoms with Gasteiger partial charge in [-0.1, -0.05) is 32.3 Å².